The van der Waals surface area contributed by atoms with Crippen LogP contribution in [0.15, 0.2) is 71.0 Å². The van der Waals surface area contributed by atoms with Crippen molar-refractivity contribution >= 4 is 26.0 Å². The Bertz CT molecular complexity index is 1170. The Morgan fingerprint density at radius 1 is 1.03 bits per heavy atom. The highest BCUT2D eigenvalue weighted by atomic mass is 32.2. The van der Waals surface area contributed by atoms with Crippen LogP contribution < -0.4 is 10.0 Å². The summed E-state index contributed by atoms with van der Waals surface area (Å²) in [5, 5.41) is 2.71. The van der Waals surface area contributed by atoms with E-state index < -0.39 is 26.0 Å². The van der Waals surface area contributed by atoms with Gasteiger partial charge in [0.2, 0.25) is 20.0 Å². The minimum atomic E-state index is -3.74. The minimum absolute atomic E-state index is 0.0235. The van der Waals surface area contributed by atoms with E-state index >= 15 is 0 Å². The van der Waals surface area contributed by atoms with Crippen molar-refractivity contribution in [2.24, 2.45) is 0 Å². The first-order chi connectivity index (χ1) is 15.2. The molecule has 2 aromatic carbocycles. The van der Waals surface area contributed by atoms with Gasteiger partial charge in [0.05, 0.1) is 23.0 Å². The molecule has 172 valence electrons. The molecule has 1 saturated heterocycles. The number of hydrogen-bond acceptors (Lipinski definition) is 6. The molecule has 0 aliphatic carbocycles. The smallest absolute Gasteiger partial charge is 0.251 e. The fraction of sp³-hybridized carbons (Fsp3) is 0.286. The van der Waals surface area contributed by atoms with E-state index in [-0.39, 0.29) is 28.4 Å². The molecule has 0 saturated carbocycles. The van der Waals surface area contributed by atoms with Gasteiger partial charge in [-0.05, 0) is 35.9 Å². The highest BCUT2D eigenvalue weighted by Crippen LogP contribution is 2.18. The molecule has 1 heterocycles. The summed E-state index contributed by atoms with van der Waals surface area (Å²) in [6.07, 6.45) is 1.42. The lowest BCUT2D eigenvalue weighted by Gasteiger charge is -2.26. The van der Waals surface area contributed by atoms with E-state index in [9.17, 15) is 21.6 Å². The van der Waals surface area contributed by atoms with Gasteiger partial charge in [0.15, 0.2) is 0 Å². The van der Waals surface area contributed by atoms with Crippen molar-refractivity contribution < 1.29 is 26.4 Å². The largest absolute Gasteiger partial charge is 0.379 e. The van der Waals surface area contributed by atoms with Crippen molar-refractivity contribution in [3.05, 3.63) is 72.3 Å². The van der Waals surface area contributed by atoms with Gasteiger partial charge in [-0.25, -0.2) is 21.6 Å². The van der Waals surface area contributed by atoms with Crippen LogP contribution in [-0.4, -0.2) is 59.9 Å². The van der Waals surface area contributed by atoms with E-state index in [0.29, 0.717) is 31.9 Å². The van der Waals surface area contributed by atoms with Crippen molar-refractivity contribution in [1.82, 2.24) is 14.3 Å². The summed E-state index contributed by atoms with van der Waals surface area (Å²) in [7, 11) is -7.33. The fourth-order valence-corrected chi connectivity index (χ4v) is 5.51. The van der Waals surface area contributed by atoms with Gasteiger partial charge in [-0.2, -0.15) is 4.31 Å². The molecule has 0 bridgehead atoms. The van der Waals surface area contributed by atoms with Gasteiger partial charge in [0.1, 0.15) is 0 Å². The van der Waals surface area contributed by atoms with E-state index in [1.165, 1.54) is 46.8 Å². The molecule has 0 unspecified atom stereocenters. The first-order valence-corrected chi connectivity index (χ1v) is 12.8. The molecular weight excluding hydrogens is 454 g/mol. The number of nitrogens with zero attached hydrogens (tertiary/aromatic N) is 1. The molecule has 1 aliphatic rings. The zero-order chi connectivity index (χ0) is 23.2. The van der Waals surface area contributed by atoms with Gasteiger partial charge >= 0.3 is 0 Å². The summed E-state index contributed by atoms with van der Waals surface area (Å²) in [4.78, 5) is 12.6. The van der Waals surface area contributed by atoms with Crippen molar-refractivity contribution in [3.63, 3.8) is 0 Å². The molecule has 3 rings (SSSR count). The molecule has 11 heteroatoms. The second-order valence-electron chi connectivity index (χ2n) is 7.01. The molecule has 2 N–H and O–H groups in total. The van der Waals surface area contributed by atoms with E-state index in [0.717, 1.165) is 0 Å². The Balaban J connectivity index is 1.64. The fourth-order valence-electron chi connectivity index (χ4n) is 3.06. The van der Waals surface area contributed by atoms with Crippen LogP contribution in [-0.2, 0) is 31.3 Å². The average molecular weight is 480 g/mol. The third-order valence-electron chi connectivity index (χ3n) is 4.81. The van der Waals surface area contributed by atoms with Gasteiger partial charge in [0, 0.05) is 31.7 Å². The summed E-state index contributed by atoms with van der Waals surface area (Å²) in [5.41, 5.74) is 0.897. The predicted molar refractivity (Wildman–Crippen MR) is 119 cm³/mol. The maximum atomic E-state index is 12.7. The van der Waals surface area contributed by atoms with E-state index in [1.807, 2.05) is 0 Å². The maximum Gasteiger partial charge on any atom is 0.251 e. The van der Waals surface area contributed by atoms with E-state index in [4.69, 9.17) is 4.74 Å². The second kappa shape index (κ2) is 10.4. The third kappa shape index (κ3) is 5.81. The zero-order valence-corrected chi connectivity index (χ0v) is 19.0. The second-order valence-corrected chi connectivity index (χ2v) is 10.7. The number of carbonyl (C=O) groups excluding carboxylic acids is 1. The number of ether oxygens (including phenoxy) is 1. The van der Waals surface area contributed by atoms with Crippen molar-refractivity contribution in [3.8, 4) is 0 Å². The molecule has 1 fully saturated rings. The van der Waals surface area contributed by atoms with Crippen molar-refractivity contribution in [2.45, 2.75) is 16.3 Å². The van der Waals surface area contributed by atoms with Crippen LogP contribution in [0, 0.1) is 0 Å². The molecule has 0 radical (unpaired) electrons. The lowest BCUT2D eigenvalue weighted by molar-refractivity contribution is 0.0730. The monoisotopic (exact) mass is 479 g/mol. The highest BCUT2D eigenvalue weighted by molar-refractivity contribution is 7.89. The lowest BCUT2D eigenvalue weighted by atomic mass is 10.2. The predicted octanol–water partition coefficient (Wildman–Crippen LogP) is 1.10. The van der Waals surface area contributed by atoms with Crippen LogP contribution >= 0.6 is 0 Å². The maximum absolute atomic E-state index is 12.7. The molecule has 0 spiro atoms. The topological polar surface area (TPSA) is 122 Å². The number of nitrogens with one attached hydrogen (secondary N) is 2. The SMILES string of the molecule is C=CCNS(=O)(=O)c1cccc(C(=O)NCc2ccc(S(=O)(=O)N3CCOCC3)cc2)c1. The quantitative estimate of drug-likeness (QED) is 0.520. The lowest BCUT2D eigenvalue weighted by Crippen LogP contribution is -2.40. The number of carbonyl (C=O) groups is 1. The number of sulfonamides is 2. The Kier molecular flexibility index (Phi) is 7.80. The number of benzene rings is 2. The van der Waals surface area contributed by atoms with Gasteiger partial charge in [-0.15, -0.1) is 6.58 Å². The van der Waals surface area contributed by atoms with Crippen LogP contribution in [0.3, 0.4) is 0 Å². The molecule has 1 amide bonds. The first-order valence-electron chi connectivity index (χ1n) is 9.90. The van der Waals surface area contributed by atoms with Crippen LogP contribution in [0.5, 0.6) is 0 Å². The Morgan fingerprint density at radius 3 is 2.38 bits per heavy atom. The first kappa shape index (κ1) is 24.1. The Labute approximate surface area is 188 Å². The van der Waals surface area contributed by atoms with Gasteiger partial charge in [-0.1, -0.05) is 24.3 Å². The molecule has 2 aromatic rings. The Morgan fingerprint density at radius 2 is 1.72 bits per heavy atom. The van der Waals surface area contributed by atoms with E-state index in [2.05, 4.69) is 16.6 Å². The van der Waals surface area contributed by atoms with E-state index in [1.54, 1.807) is 12.1 Å². The number of morpholine rings is 1. The van der Waals surface area contributed by atoms with Crippen molar-refractivity contribution in [1.29, 1.82) is 0 Å². The minimum Gasteiger partial charge on any atom is -0.379 e. The summed E-state index contributed by atoms with van der Waals surface area (Å²) in [6.45, 7) is 5.08. The Hall–Kier alpha value is -2.57. The molecule has 1 aliphatic heterocycles. The number of amides is 1. The van der Waals surface area contributed by atoms with Gasteiger partial charge in [-0.3, -0.25) is 4.79 Å². The molecule has 9 nitrogen and oxygen atoms in total. The highest BCUT2D eigenvalue weighted by Gasteiger charge is 2.26. The van der Waals surface area contributed by atoms with Crippen molar-refractivity contribution in [2.75, 3.05) is 32.8 Å². The van der Waals surface area contributed by atoms with Gasteiger partial charge < -0.3 is 10.1 Å². The molecule has 0 atom stereocenters. The molecule has 0 aromatic heterocycles. The zero-order valence-electron chi connectivity index (χ0n) is 17.4. The third-order valence-corrected chi connectivity index (χ3v) is 8.14. The number of rotatable bonds is 9. The summed E-state index contributed by atoms with van der Waals surface area (Å²) in [5.74, 6) is -0.448. The number of hydrogen-bond donors (Lipinski definition) is 2. The average Bonchev–Trinajstić information content (AvgIpc) is 2.82. The van der Waals surface area contributed by atoms with Gasteiger partial charge in [0.25, 0.3) is 5.91 Å². The molecule has 32 heavy (non-hydrogen) atoms. The van der Waals surface area contributed by atoms with Crippen LogP contribution in [0.1, 0.15) is 15.9 Å². The van der Waals surface area contributed by atoms with Crippen LogP contribution in [0.2, 0.25) is 0 Å². The van der Waals surface area contributed by atoms with Crippen LogP contribution in [0.25, 0.3) is 0 Å². The normalized spacial score (nSPS) is 15.2. The standard InChI is InChI=1S/C21H25N3O6S2/c1-2-10-23-31(26,27)20-5-3-4-18(15-20)21(25)22-16-17-6-8-19(9-7-17)32(28,29)24-11-13-30-14-12-24/h2-9,15,23H,1,10-14,16H2,(H,22,25). The van der Waals surface area contributed by atoms with Crippen LogP contribution in [0.4, 0.5) is 0 Å². The summed E-state index contributed by atoms with van der Waals surface area (Å²) < 4.78 is 58.7. The summed E-state index contributed by atoms with van der Waals surface area (Å²) in [6, 6.07) is 12.0. The summed E-state index contributed by atoms with van der Waals surface area (Å²) >= 11 is 0. The molecular formula is C21H25N3O6S2.